The van der Waals surface area contributed by atoms with E-state index >= 15 is 0 Å². The molecule has 1 unspecified atom stereocenters. The van der Waals surface area contributed by atoms with Crippen LogP contribution in [-0.2, 0) is 10.0 Å². The largest absolute Gasteiger partial charge is 0.313 e. The summed E-state index contributed by atoms with van der Waals surface area (Å²) in [6.45, 7) is 3.18. The molecule has 1 atom stereocenters. The average molecular weight is 412 g/mol. The summed E-state index contributed by atoms with van der Waals surface area (Å²) in [4.78, 5) is 0.181. The minimum Gasteiger partial charge on any atom is -0.313 e. The number of nitriles is 1. The van der Waals surface area contributed by atoms with E-state index in [0.29, 0.717) is 35.8 Å². The molecule has 1 fully saturated rings. The molecule has 2 aromatic carbocycles. The molecule has 1 aliphatic rings. The van der Waals surface area contributed by atoms with Gasteiger partial charge in [0.1, 0.15) is 0 Å². The number of piperazine rings is 1. The SMILES string of the molecule is Cc1ccc(C#N)cc1S(=O)(=O)N1CCNCC1c1cccc(Cl)c1.Cl. The van der Waals surface area contributed by atoms with Crippen LogP contribution in [0.5, 0.6) is 0 Å². The Morgan fingerprint density at radius 3 is 2.73 bits per heavy atom. The number of nitrogens with zero attached hydrogens (tertiary/aromatic N) is 2. The van der Waals surface area contributed by atoms with Crippen LogP contribution < -0.4 is 5.32 Å². The third kappa shape index (κ3) is 4.03. The van der Waals surface area contributed by atoms with Gasteiger partial charge in [-0.05, 0) is 42.3 Å². The van der Waals surface area contributed by atoms with Crippen LogP contribution in [0.1, 0.15) is 22.7 Å². The molecule has 0 aromatic heterocycles. The van der Waals surface area contributed by atoms with Gasteiger partial charge in [-0.2, -0.15) is 9.57 Å². The Morgan fingerprint density at radius 1 is 1.27 bits per heavy atom. The first kappa shape index (κ1) is 20.7. The third-order valence-corrected chi connectivity index (χ3v) is 6.62. The van der Waals surface area contributed by atoms with Crippen LogP contribution in [0.15, 0.2) is 47.4 Å². The van der Waals surface area contributed by atoms with Crippen molar-refractivity contribution in [2.24, 2.45) is 0 Å². The van der Waals surface area contributed by atoms with Crippen molar-refractivity contribution in [2.75, 3.05) is 19.6 Å². The second-order valence-electron chi connectivity index (χ2n) is 5.98. The van der Waals surface area contributed by atoms with Gasteiger partial charge < -0.3 is 5.32 Å². The third-order valence-electron chi connectivity index (χ3n) is 4.33. The van der Waals surface area contributed by atoms with Gasteiger partial charge in [-0.3, -0.25) is 0 Å². The topological polar surface area (TPSA) is 73.2 Å². The summed E-state index contributed by atoms with van der Waals surface area (Å²) in [6, 6.07) is 13.7. The van der Waals surface area contributed by atoms with Crippen LogP contribution in [0, 0.1) is 18.3 Å². The summed E-state index contributed by atoms with van der Waals surface area (Å²) >= 11 is 6.08. The molecule has 1 N–H and O–H groups in total. The molecule has 5 nitrogen and oxygen atoms in total. The van der Waals surface area contributed by atoms with E-state index in [4.69, 9.17) is 16.9 Å². The summed E-state index contributed by atoms with van der Waals surface area (Å²) in [7, 11) is -3.74. The number of benzene rings is 2. The molecule has 2 aromatic rings. The Labute approximate surface area is 165 Å². The lowest BCUT2D eigenvalue weighted by Gasteiger charge is -2.35. The average Bonchev–Trinajstić information content (AvgIpc) is 2.62. The van der Waals surface area contributed by atoms with Crippen molar-refractivity contribution in [3.63, 3.8) is 0 Å². The van der Waals surface area contributed by atoms with E-state index in [1.807, 2.05) is 18.2 Å². The maximum Gasteiger partial charge on any atom is 0.244 e. The molecule has 0 saturated carbocycles. The molecule has 1 aliphatic heterocycles. The van der Waals surface area contributed by atoms with Crippen LogP contribution in [0.25, 0.3) is 0 Å². The van der Waals surface area contributed by atoms with Gasteiger partial charge in [0.2, 0.25) is 10.0 Å². The summed E-state index contributed by atoms with van der Waals surface area (Å²) in [5.74, 6) is 0. The van der Waals surface area contributed by atoms with Gasteiger partial charge in [-0.25, -0.2) is 8.42 Å². The number of hydrogen-bond donors (Lipinski definition) is 1. The normalized spacial score (nSPS) is 18.0. The second-order valence-corrected chi connectivity index (χ2v) is 8.28. The molecule has 0 spiro atoms. The number of hydrogen-bond acceptors (Lipinski definition) is 4. The Kier molecular flexibility index (Phi) is 6.67. The van der Waals surface area contributed by atoms with Crippen LogP contribution in [-0.4, -0.2) is 32.4 Å². The van der Waals surface area contributed by atoms with Crippen molar-refractivity contribution < 1.29 is 8.42 Å². The highest BCUT2D eigenvalue weighted by molar-refractivity contribution is 7.89. The quantitative estimate of drug-likeness (QED) is 0.840. The summed E-state index contributed by atoms with van der Waals surface area (Å²) < 4.78 is 28.1. The lowest BCUT2D eigenvalue weighted by molar-refractivity contribution is 0.271. The summed E-state index contributed by atoms with van der Waals surface area (Å²) in [5, 5.41) is 12.9. The van der Waals surface area contributed by atoms with Crippen molar-refractivity contribution >= 4 is 34.0 Å². The highest BCUT2D eigenvalue weighted by atomic mass is 35.5. The molecule has 26 heavy (non-hydrogen) atoms. The molecule has 1 saturated heterocycles. The molecule has 3 rings (SSSR count). The first-order chi connectivity index (χ1) is 11.9. The van der Waals surface area contributed by atoms with Crippen molar-refractivity contribution in [2.45, 2.75) is 17.9 Å². The van der Waals surface area contributed by atoms with E-state index in [9.17, 15) is 8.42 Å². The zero-order valence-corrected chi connectivity index (χ0v) is 16.5. The Bertz CT molecular complexity index is 942. The zero-order chi connectivity index (χ0) is 18.0. The molecular formula is C18H19Cl2N3O2S. The molecule has 0 amide bonds. The fourth-order valence-electron chi connectivity index (χ4n) is 3.05. The number of nitrogens with one attached hydrogen (secondary N) is 1. The maximum absolute atomic E-state index is 13.3. The summed E-state index contributed by atoms with van der Waals surface area (Å²) in [6.07, 6.45) is 0. The fourth-order valence-corrected chi connectivity index (χ4v) is 5.11. The monoisotopic (exact) mass is 411 g/mol. The van der Waals surface area contributed by atoms with Crippen molar-refractivity contribution in [3.8, 4) is 6.07 Å². The van der Waals surface area contributed by atoms with E-state index in [0.717, 1.165) is 5.56 Å². The van der Waals surface area contributed by atoms with Crippen molar-refractivity contribution in [1.82, 2.24) is 9.62 Å². The Balaban J connectivity index is 0.00000243. The van der Waals surface area contributed by atoms with Crippen LogP contribution >= 0.6 is 24.0 Å². The minimum absolute atomic E-state index is 0. The van der Waals surface area contributed by atoms with Gasteiger partial charge in [0.25, 0.3) is 0 Å². The molecule has 0 aliphatic carbocycles. The van der Waals surface area contributed by atoms with E-state index in [-0.39, 0.29) is 23.3 Å². The van der Waals surface area contributed by atoms with Gasteiger partial charge in [0, 0.05) is 24.7 Å². The van der Waals surface area contributed by atoms with E-state index in [1.165, 1.54) is 10.4 Å². The van der Waals surface area contributed by atoms with Gasteiger partial charge in [-0.1, -0.05) is 29.8 Å². The summed E-state index contributed by atoms with van der Waals surface area (Å²) in [5.41, 5.74) is 1.80. The molecule has 0 radical (unpaired) electrons. The van der Waals surface area contributed by atoms with E-state index in [2.05, 4.69) is 5.32 Å². The minimum atomic E-state index is -3.74. The second kappa shape index (κ2) is 8.38. The lowest BCUT2D eigenvalue weighted by Crippen LogP contribution is -2.48. The Hall–Kier alpha value is -1.62. The van der Waals surface area contributed by atoms with Crippen LogP contribution in [0.2, 0.25) is 5.02 Å². The zero-order valence-electron chi connectivity index (χ0n) is 14.1. The maximum atomic E-state index is 13.3. The molecule has 1 heterocycles. The van der Waals surface area contributed by atoms with Gasteiger partial charge >= 0.3 is 0 Å². The predicted octanol–water partition coefficient (Wildman–Crippen LogP) is 3.28. The highest BCUT2D eigenvalue weighted by Gasteiger charge is 2.35. The van der Waals surface area contributed by atoms with Gasteiger partial charge in [0.15, 0.2) is 0 Å². The van der Waals surface area contributed by atoms with Crippen molar-refractivity contribution in [1.29, 1.82) is 5.26 Å². The first-order valence-corrected chi connectivity index (χ1v) is 9.74. The van der Waals surface area contributed by atoms with Gasteiger partial charge in [0.05, 0.1) is 22.6 Å². The predicted molar refractivity (Wildman–Crippen MR) is 104 cm³/mol. The van der Waals surface area contributed by atoms with Crippen molar-refractivity contribution in [3.05, 3.63) is 64.2 Å². The molecular weight excluding hydrogens is 393 g/mol. The molecule has 138 valence electrons. The van der Waals surface area contributed by atoms with E-state index < -0.39 is 10.0 Å². The molecule has 8 heteroatoms. The highest BCUT2D eigenvalue weighted by Crippen LogP contribution is 2.31. The van der Waals surface area contributed by atoms with E-state index in [1.54, 1.807) is 31.2 Å². The number of sulfonamides is 1. The standard InChI is InChI=1S/C18H18ClN3O2S.ClH/c1-13-5-6-14(11-20)9-18(13)25(23,24)22-8-7-21-12-17(22)15-3-2-4-16(19)10-15;/h2-6,9-10,17,21H,7-8,12H2,1H3;1H. The fraction of sp³-hybridized carbons (Fsp3) is 0.278. The first-order valence-electron chi connectivity index (χ1n) is 7.92. The lowest BCUT2D eigenvalue weighted by atomic mass is 10.1. The van der Waals surface area contributed by atoms with Crippen LogP contribution in [0.3, 0.4) is 0 Å². The number of aryl methyl sites for hydroxylation is 1. The Morgan fingerprint density at radius 2 is 2.04 bits per heavy atom. The van der Waals surface area contributed by atoms with Gasteiger partial charge in [-0.15, -0.1) is 12.4 Å². The molecule has 0 bridgehead atoms. The number of halogens is 2. The smallest absolute Gasteiger partial charge is 0.244 e. The number of rotatable bonds is 3. The van der Waals surface area contributed by atoms with Crippen LogP contribution in [0.4, 0.5) is 0 Å².